The van der Waals surface area contributed by atoms with Crippen LogP contribution in [0.3, 0.4) is 0 Å². The van der Waals surface area contributed by atoms with E-state index in [4.69, 9.17) is 0 Å². The van der Waals surface area contributed by atoms with Crippen LogP contribution in [0.15, 0.2) is 0 Å². The highest BCUT2D eigenvalue weighted by molar-refractivity contribution is 7.33. The summed E-state index contributed by atoms with van der Waals surface area (Å²) in [6.45, 7) is 4.47. The van der Waals surface area contributed by atoms with Crippen LogP contribution in [0.2, 0.25) is 0 Å². The van der Waals surface area contributed by atoms with Crippen LogP contribution in [0, 0.1) is 0 Å². The van der Waals surface area contributed by atoms with Gasteiger partial charge in [-0.15, -0.1) is 0 Å². The first-order valence-electron chi connectivity index (χ1n) is 2.60. The Hall–Kier alpha value is 0.682. The largest absolute Gasteiger partial charge is 0.319 e. The van der Waals surface area contributed by atoms with Gasteiger partial charge in [-0.25, -0.2) is 0 Å². The van der Waals surface area contributed by atoms with Crippen LogP contribution in [0.25, 0.3) is 0 Å². The second-order valence-electron chi connectivity index (χ2n) is 1.12. The zero-order chi connectivity index (χ0) is 6.41. The summed E-state index contributed by atoms with van der Waals surface area (Å²) in [7, 11) is -2.14. The van der Waals surface area contributed by atoms with Crippen LogP contribution in [-0.2, 0) is 13.6 Å². The monoisotopic (exact) mass is 168 g/mol. The fourth-order valence-electron chi connectivity index (χ4n) is 0.277. The molecule has 0 radical (unpaired) electrons. The van der Waals surface area contributed by atoms with Gasteiger partial charge in [-0.1, -0.05) is 0 Å². The van der Waals surface area contributed by atoms with E-state index < -0.39 is 8.25 Å². The Morgan fingerprint density at radius 1 is 1.22 bits per heavy atom. The minimum Gasteiger partial charge on any atom is -0.311 e. The van der Waals surface area contributed by atoms with Crippen molar-refractivity contribution in [3.05, 3.63) is 0 Å². The molecule has 0 fully saturated rings. The molecule has 0 saturated carbocycles. The summed E-state index contributed by atoms with van der Waals surface area (Å²) in [6, 6.07) is 0. The van der Waals surface area contributed by atoms with Gasteiger partial charge in [0.15, 0.2) is 17.4 Å². The highest BCUT2D eigenvalue weighted by atomic mass is 31.1. The molecule has 0 rings (SSSR count). The second kappa shape index (κ2) is 8.68. The first-order valence-corrected chi connectivity index (χ1v) is 3.83. The molecule has 0 bridgehead atoms. The standard InChI is InChI=1S/C4H11O3P.Al.3H/c1-3-6-8(5)7-4-2;;;;/h8H,3-4H2,1-2H3;;;;. The molecular weight excluding hydrogens is 154 g/mol. The molecule has 0 spiro atoms. The molecular formula is C4H14AlO3P. The van der Waals surface area contributed by atoms with E-state index in [9.17, 15) is 4.57 Å². The minimum atomic E-state index is -2.14. The maximum atomic E-state index is 10.4. The molecule has 0 N–H and O–H groups in total. The maximum Gasteiger partial charge on any atom is 0.319 e. The SMILES string of the molecule is CCO[PH](=O)OCC.[AlH3]. The molecule has 9 heavy (non-hydrogen) atoms. The van der Waals surface area contributed by atoms with Crippen LogP contribution in [0.4, 0.5) is 0 Å². The predicted molar refractivity (Wildman–Crippen MR) is 42.2 cm³/mol. The summed E-state index contributed by atoms with van der Waals surface area (Å²) in [5.74, 6) is 0. The Balaban J connectivity index is 0. The van der Waals surface area contributed by atoms with Crippen molar-refractivity contribution >= 4 is 25.6 Å². The van der Waals surface area contributed by atoms with E-state index in [1.54, 1.807) is 13.8 Å². The smallest absolute Gasteiger partial charge is 0.311 e. The maximum absolute atomic E-state index is 10.4. The Labute approximate surface area is 66.8 Å². The van der Waals surface area contributed by atoms with Gasteiger partial charge >= 0.3 is 8.25 Å². The first kappa shape index (κ1) is 12.4. The van der Waals surface area contributed by atoms with E-state index >= 15 is 0 Å². The zero-order valence-electron chi connectivity index (χ0n) is 5.14. The molecule has 0 aliphatic rings. The summed E-state index contributed by atoms with van der Waals surface area (Å²) in [5.41, 5.74) is 0. The van der Waals surface area contributed by atoms with Crippen LogP contribution >= 0.6 is 8.25 Å². The highest BCUT2D eigenvalue weighted by Crippen LogP contribution is 2.21. The van der Waals surface area contributed by atoms with Crippen molar-refractivity contribution in [2.45, 2.75) is 13.8 Å². The molecule has 3 nitrogen and oxygen atoms in total. The molecule has 56 valence electrons. The van der Waals surface area contributed by atoms with E-state index in [1.165, 1.54) is 0 Å². The third kappa shape index (κ3) is 8.68. The summed E-state index contributed by atoms with van der Waals surface area (Å²) in [4.78, 5) is 0. The van der Waals surface area contributed by atoms with E-state index in [2.05, 4.69) is 9.05 Å². The lowest BCUT2D eigenvalue weighted by Gasteiger charge is -1.97. The molecule has 0 aromatic carbocycles. The molecule has 0 aliphatic carbocycles. The Morgan fingerprint density at radius 2 is 1.56 bits per heavy atom. The Morgan fingerprint density at radius 3 is 1.78 bits per heavy atom. The van der Waals surface area contributed by atoms with Gasteiger partial charge in [-0.2, -0.15) is 0 Å². The van der Waals surface area contributed by atoms with Crippen molar-refractivity contribution in [2.75, 3.05) is 13.2 Å². The topological polar surface area (TPSA) is 35.5 Å². The average Bonchev–Trinajstić information content (AvgIpc) is 1.68. The van der Waals surface area contributed by atoms with Gasteiger partial charge in [0.2, 0.25) is 0 Å². The molecule has 0 aromatic heterocycles. The molecule has 0 heterocycles. The Bertz CT molecular complexity index is 70.2. The molecule has 0 atom stereocenters. The lowest BCUT2D eigenvalue weighted by molar-refractivity contribution is 0.243. The first-order chi connectivity index (χ1) is 3.81. The van der Waals surface area contributed by atoms with Gasteiger partial charge in [0.25, 0.3) is 0 Å². The summed E-state index contributed by atoms with van der Waals surface area (Å²) >= 11 is 0. The minimum absolute atomic E-state index is 0. The number of hydrogen-bond acceptors (Lipinski definition) is 3. The van der Waals surface area contributed by atoms with Gasteiger partial charge in [0, 0.05) is 0 Å². The van der Waals surface area contributed by atoms with Crippen molar-refractivity contribution in [1.29, 1.82) is 0 Å². The second-order valence-corrected chi connectivity index (χ2v) is 2.19. The van der Waals surface area contributed by atoms with E-state index in [-0.39, 0.29) is 17.4 Å². The summed E-state index contributed by atoms with van der Waals surface area (Å²) in [6.07, 6.45) is 0. The van der Waals surface area contributed by atoms with Gasteiger partial charge in [-0.05, 0) is 13.8 Å². The molecule has 0 aliphatic heterocycles. The van der Waals surface area contributed by atoms with E-state index in [1.807, 2.05) is 0 Å². The predicted octanol–water partition coefficient (Wildman–Crippen LogP) is 0.265. The van der Waals surface area contributed by atoms with E-state index in [0.717, 1.165) is 0 Å². The van der Waals surface area contributed by atoms with Crippen LogP contribution < -0.4 is 0 Å². The van der Waals surface area contributed by atoms with Gasteiger partial charge in [0.1, 0.15) is 0 Å². The van der Waals surface area contributed by atoms with Gasteiger partial charge < -0.3 is 9.05 Å². The summed E-state index contributed by atoms with van der Waals surface area (Å²) in [5, 5.41) is 0. The number of hydrogen-bond donors (Lipinski definition) is 0. The van der Waals surface area contributed by atoms with Crippen LogP contribution in [0.1, 0.15) is 13.8 Å². The molecule has 0 saturated heterocycles. The molecule has 0 amide bonds. The summed E-state index contributed by atoms with van der Waals surface area (Å²) < 4.78 is 19.6. The molecule has 0 unspecified atom stereocenters. The van der Waals surface area contributed by atoms with Gasteiger partial charge in [0.05, 0.1) is 13.2 Å². The fraction of sp³-hybridized carbons (Fsp3) is 1.00. The van der Waals surface area contributed by atoms with Crippen molar-refractivity contribution in [2.24, 2.45) is 0 Å². The quantitative estimate of drug-likeness (QED) is 0.446. The normalized spacial score (nSPS) is 9.22. The lowest BCUT2D eigenvalue weighted by Crippen LogP contribution is -1.81. The van der Waals surface area contributed by atoms with Crippen molar-refractivity contribution in [3.8, 4) is 0 Å². The van der Waals surface area contributed by atoms with Crippen LogP contribution in [-0.4, -0.2) is 30.6 Å². The highest BCUT2D eigenvalue weighted by Gasteiger charge is 1.91. The van der Waals surface area contributed by atoms with Crippen molar-refractivity contribution < 1.29 is 13.6 Å². The average molecular weight is 168 g/mol. The lowest BCUT2D eigenvalue weighted by atomic mass is 10.9. The van der Waals surface area contributed by atoms with Crippen molar-refractivity contribution in [1.82, 2.24) is 0 Å². The van der Waals surface area contributed by atoms with E-state index in [0.29, 0.717) is 13.2 Å². The number of rotatable bonds is 4. The zero-order valence-corrected chi connectivity index (χ0v) is 6.14. The fourth-order valence-corrected chi connectivity index (χ4v) is 0.832. The molecule has 5 heteroatoms. The third-order valence-corrected chi connectivity index (χ3v) is 1.57. The van der Waals surface area contributed by atoms with Gasteiger partial charge in [-0.3, -0.25) is 4.57 Å². The molecule has 0 aromatic rings. The van der Waals surface area contributed by atoms with Crippen molar-refractivity contribution in [3.63, 3.8) is 0 Å². The third-order valence-electron chi connectivity index (χ3n) is 0.524. The van der Waals surface area contributed by atoms with Crippen LogP contribution in [0.5, 0.6) is 0 Å². The Kier molecular flexibility index (Phi) is 11.9.